The van der Waals surface area contributed by atoms with E-state index in [1.165, 1.54) is 16.2 Å². The monoisotopic (exact) mass is 403 g/mol. The highest BCUT2D eigenvalue weighted by Crippen LogP contribution is 2.24. The predicted molar refractivity (Wildman–Crippen MR) is 111 cm³/mol. The van der Waals surface area contributed by atoms with Gasteiger partial charge in [-0.15, -0.1) is 0 Å². The summed E-state index contributed by atoms with van der Waals surface area (Å²) in [5.41, 5.74) is 1.62. The van der Waals surface area contributed by atoms with Gasteiger partial charge >= 0.3 is 11.9 Å². The number of nitrogens with one attached hydrogen (secondary N) is 1. The van der Waals surface area contributed by atoms with Crippen molar-refractivity contribution < 1.29 is 28.9 Å². The summed E-state index contributed by atoms with van der Waals surface area (Å²) in [6.45, 7) is -0.169. The van der Waals surface area contributed by atoms with E-state index >= 15 is 0 Å². The molecule has 1 heterocycles. The van der Waals surface area contributed by atoms with Gasteiger partial charge in [-0.1, -0.05) is 47.0 Å². The Morgan fingerprint density at radius 3 is 2.37 bits per heavy atom. The van der Waals surface area contributed by atoms with Crippen LogP contribution in [0.15, 0.2) is 78.9 Å². The smallest absolute Gasteiger partial charge is 0.495 e. The number of nitrogens with zero attached hydrogens (tertiary/aromatic N) is 2. The third-order valence-electron chi connectivity index (χ3n) is 4.79. The molecule has 30 heavy (non-hydrogen) atoms. The van der Waals surface area contributed by atoms with Crippen molar-refractivity contribution in [3.8, 4) is 23.3 Å². The summed E-state index contributed by atoms with van der Waals surface area (Å²) in [6.07, 6.45) is 0. The fourth-order valence-electron chi connectivity index (χ4n) is 3.39. The van der Waals surface area contributed by atoms with E-state index in [1.807, 2.05) is 12.1 Å². The van der Waals surface area contributed by atoms with Gasteiger partial charge in [0.25, 0.3) is 5.91 Å². The highest BCUT2D eigenvalue weighted by atomic mass is 16.5. The second kappa shape index (κ2) is 8.08. The average Bonchev–Trinajstić information content (AvgIpc) is 2.78. The zero-order valence-corrected chi connectivity index (χ0v) is 16.3. The first-order chi connectivity index (χ1) is 14.6. The number of carbonyl (C=O) groups excluding carboxylic acids is 1. The van der Waals surface area contributed by atoms with Crippen molar-refractivity contribution in [2.45, 2.75) is 6.54 Å². The van der Waals surface area contributed by atoms with Crippen molar-refractivity contribution in [1.82, 2.24) is 0 Å². The zero-order chi connectivity index (χ0) is 21.1. The third kappa shape index (κ3) is 3.48. The molecule has 0 aliphatic rings. The largest absolute Gasteiger partial charge is 0.638 e. The van der Waals surface area contributed by atoms with E-state index < -0.39 is 0 Å². The maximum atomic E-state index is 12.8. The Morgan fingerprint density at radius 1 is 0.933 bits per heavy atom. The number of ether oxygens (including phenoxy) is 1. The zero-order valence-electron chi connectivity index (χ0n) is 16.3. The number of amides is 1. The highest BCUT2D eigenvalue weighted by Gasteiger charge is 2.36. The quantitative estimate of drug-likeness (QED) is 0.447. The summed E-state index contributed by atoms with van der Waals surface area (Å²) >= 11 is 0. The molecule has 0 saturated carbocycles. The van der Waals surface area contributed by atoms with Crippen LogP contribution in [0.1, 0.15) is 0 Å². The van der Waals surface area contributed by atoms with Crippen molar-refractivity contribution in [2.24, 2.45) is 0 Å². The summed E-state index contributed by atoms with van der Waals surface area (Å²) < 4.78 is 8.03. The molecular weight excluding hydrogens is 382 g/mol. The Hall–Kier alpha value is -4.13. The molecule has 7 nitrogen and oxygen atoms in total. The van der Waals surface area contributed by atoms with E-state index in [0.717, 1.165) is 0 Å². The fourth-order valence-corrected chi connectivity index (χ4v) is 3.39. The van der Waals surface area contributed by atoms with Gasteiger partial charge in [0.2, 0.25) is 17.7 Å². The molecule has 1 amide bonds. The average molecular weight is 403 g/mol. The SMILES string of the molecule is COc1ccccc1NC(=O)C[n+]1c(O)[n+](-c2ccccc2)c(O)c2ccccc21. The number of aromatic hydroxyl groups is 2. The molecular formula is C23H21N3O4+2. The van der Waals surface area contributed by atoms with Gasteiger partial charge in [-0.2, -0.15) is 0 Å². The number of para-hydroxylation sites is 4. The standard InChI is InChI=1S/C23H19N3O4/c1-30-20-14-8-6-12-18(20)24-21(27)15-25-19-13-7-5-11-17(19)22(28)26(23(25)29)16-9-3-2-4-10-16/h2-14H,15H2,1H3,(H,24,27)/p+2. The van der Waals surface area contributed by atoms with Crippen LogP contribution in [0.4, 0.5) is 5.69 Å². The molecule has 0 aliphatic carbocycles. The summed E-state index contributed by atoms with van der Waals surface area (Å²) in [7, 11) is 1.53. The lowest BCUT2D eigenvalue weighted by Gasteiger charge is -2.09. The molecule has 1 aromatic heterocycles. The van der Waals surface area contributed by atoms with Crippen molar-refractivity contribution in [3.05, 3.63) is 78.9 Å². The molecule has 0 saturated heterocycles. The second-order valence-corrected chi connectivity index (χ2v) is 6.65. The van der Waals surface area contributed by atoms with Crippen molar-refractivity contribution in [2.75, 3.05) is 12.4 Å². The Balaban J connectivity index is 1.79. The summed E-state index contributed by atoms with van der Waals surface area (Å²) in [4.78, 5) is 12.8. The topological polar surface area (TPSA) is 86.5 Å². The van der Waals surface area contributed by atoms with Crippen molar-refractivity contribution in [3.63, 3.8) is 0 Å². The van der Waals surface area contributed by atoms with Gasteiger partial charge in [0.05, 0.1) is 12.8 Å². The summed E-state index contributed by atoms with van der Waals surface area (Å²) in [5.74, 6) is 0.0703. The summed E-state index contributed by atoms with van der Waals surface area (Å²) in [6, 6.07) is 22.8. The number of benzene rings is 3. The second-order valence-electron chi connectivity index (χ2n) is 6.65. The Morgan fingerprint density at radius 2 is 1.60 bits per heavy atom. The Bertz CT molecular complexity index is 1230. The van der Waals surface area contributed by atoms with Gasteiger partial charge in [0.15, 0.2) is 5.39 Å². The summed E-state index contributed by atoms with van der Waals surface area (Å²) in [5, 5.41) is 25.1. The molecule has 0 radical (unpaired) electrons. The fraction of sp³-hybridized carbons (Fsp3) is 0.0870. The third-order valence-corrected chi connectivity index (χ3v) is 4.79. The normalized spacial score (nSPS) is 10.7. The minimum atomic E-state index is -0.352. The van der Waals surface area contributed by atoms with E-state index in [1.54, 1.807) is 66.7 Å². The molecule has 0 aliphatic heterocycles. The van der Waals surface area contributed by atoms with Crippen molar-refractivity contribution in [1.29, 1.82) is 0 Å². The van der Waals surface area contributed by atoms with Gasteiger partial charge in [0, 0.05) is 18.2 Å². The van der Waals surface area contributed by atoms with E-state index in [-0.39, 0.29) is 24.3 Å². The molecule has 4 aromatic rings. The number of anilines is 1. The first-order valence-corrected chi connectivity index (χ1v) is 9.37. The number of methoxy groups -OCH3 is 1. The van der Waals surface area contributed by atoms with Crippen LogP contribution in [-0.4, -0.2) is 23.2 Å². The minimum Gasteiger partial charge on any atom is -0.495 e. The molecule has 7 heteroatoms. The molecule has 4 rings (SSSR count). The molecule has 0 unspecified atom stereocenters. The Kier molecular flexibility index (Phi) is 5.17. The van der Waals surface area contributed by atoms with Gasteiger partial charge in [-0.25, -0.2) is 0 Å². The lowest BCUT2D eigenvalue weighted by Crippen LogP contribution is -2.49. The first-order valence-electron chi connectivity index (χ1n) is 9.37. The van der Waals surface area contributed by atoms with E-state index in [2.05, 4.69) is 5.32 Å². The van der Waals surface area contributed by atoms with Crippen LogP contribution in [0.25, 0.3) is 16.6 Å². The van der Waals surface area contributed by atoms with Crippen LogP contribution in [0, 0.1) is 0 Å². The number of aromatic nitrogens is 2. The maximum Gasteiger partial charge on any atom is 0.638 e. The number of fused-ring (bicyclic) bond motifs is 1. The van der Waals surface area contributed by atoms with E-state index in [4.69, 9.17) is 4.74 Å². The number of hydrogen-bond acceptors (Lipinski definition) is 4. The van der Waals surface area contributed by atoms with Crippen LogP contribution in [0.2, 0.25) is 0 Å². The van der Waals surface area contributed by atoms with Gasteiger partial charge in [-0.3, -0.25) is 4.79 Å². The molecule has 0 fully saturated rings. The van der Waals surface area contributed by atoms with Gasteiger partial charge < -0.3 is 20.3 Å². The predicted octanol–water partition coefficient (Wildman–Crippen LogP) is 2.46. The molecule has 3 aromatic carbocycles. The Labute approximate surface area is 173 Å². The number of carbonyl (C=O) groups is 1. The van der Waals surface area contributed by atoms with E-state index in [0.29, 0.717) is 28.0 Å². The maximum absolute atomic E-state index is 12.8. The number of hydrogen-bond donors (Lipinski definition) is 3. The van der Waals surface area contributed by atoms with Crippen LogP contribution in [-0.2, 0) is 11.3 Å². The highest BCUT2D eigenvalue weighted by molar-refractivity contribution is 5.91. The van der Waals surface area contributed by atoms with Gasteiger partial charge in [0.1, 0.15) is 5.75 Å². The molecule has 3 N–H and O–H groups in total. The van der Waals surface area contributed by atoms with E-state index in [9.17, 15) is 15.0 Å². The lowest BCUT2D eigenvalue weighted by atomic mass is 10.2. The molecule has 0 atom stereocenters. The molecule has 150 valence electrons. The van der Waals surface area contributed by atoms with Crippen LogP contribution in [0.3, 0.4) is 0 Å². The number of rotatable bonds is 5. The minimum absolute atomic E-state index is 0.115. The van der Waals surface area contributed by atoms with Crippen molar-refractivity contribution >= 4 is 22.5 Å². The van der Waals surface area contributed by atoms with Crippen LogP contribution in [0.5, 0.6) is 17.6 Å². The molecule has 0 bridgehead atoms. The first kappa shape index (κ1) is 19.2. The van der Waals surface area contributed by atoms with Gasteiger partial charge in [-0.05, 0) is 22.8 Å². The molecule has 0 spiro atoms. The van der Waals surface area contributed by atoms with Crippen LogP contribution >= 0.6 is 0 Å². The van der Waals surface area contributed by atoms with Crippen LogP contribution < -0.4 is 19.2 Å². The lowest BCUT2D eigenvalue weighted by molar-refractivity contribution is -0.774.